The van der Waals surface area contributed by atoms with Crippen molar-refractivity contribution in [3.05, 3.63) is 51.7 Å². The molecule has 76 valence electrons. The highest BCUT2D eigenvalue weighted by molar-refractivity contribution is 8.24. The molecule has 0 spiro atoms. The van der Waals surface area contributed by atoms with Crippen LogP contribution in [0.3, 0.4) is 0 Å². The number of thiophene rings is 1. The predicted molar refractivity (Wildman–Crippen MR) is 73.3 cm³/mol. The van der Waals surface area contributed by atoms with Crippen LogP contribution in [-0.2, 0) is 0 Å². The van der Waals surface area contributed by atoms with Gasteiger partial charge in [-0.3, -0.25) is 0 Å². The molecule has 0 unspecified atom stereocenters. The first kappa shape index (κ1) is 11.1. The van der Waals surface area contributed by atoms with E-state index in [1.807, 2.05) is 41.8 Å². The fourth-order valence-corrected chi connectivity index (χ4v) is 3.16. The third-order valence-electron chi connectivity index (χ3n) is 1.75. The minimum absolute atomic E-state index is 0.751. The molecule has 0 fully saturated rings. The summed E-state index contributed by atoms with van der Waals surface area (Å²) in [5.74, 6) is 0. The Morgan fingerprint density at radius 1 is 1.20 bits per heavy atom. The van der Waals surface area contributed by atoms with Crippen molar-refractivity contribution < 1.29 is 0 Å². The van der Waals surface area contributed by atoms with Crippen LogP contribution in [-0.4, -0.2) is 4.20 Å². The van der Waals surface area contributed by atoms with Crippen molar-refractivity contribution >= 4 is 51.1 Å². The fourth-order valence-electron chi connectivity index (χ4n) is 1.05. The first-order chi connectivity index (χ1) is 7.25. The predicted octanol–water partition coefficient (Wildman–Crippen LogP) is 4.87. The molecule has 1 aromatic carbocycles. The van der Waals surface area contributed by atoms with Crippen LogP contribution in [0.25, 0.3) is 0 Å². The van der Waals surface area contributed by atoms with Crippen LogP contribution in [0.2, 0.25) is 5.02 Å². The van der Waals surface area contributed by atoms with Crippen molar-refractivity contribution in [1.29, 1.82) is 0 Å². The second-order valence-corrected chi connectivity index (χ2v) is 5.96. The summed E-state index contributed by atoms with van der Waals surface area (Å²) in [6.07, 6.45) is 0. The van der Waals surface area contributed by atoms with Gasteiger partial charge in [0, 0.05) is 9.92 Å². The normalized spacial score (nSPS) is 10.2. The molecule has 15 heavy (non-hydrogen) atoms. The van der Waals surface area contributed by atoms with Crippen molar-refractivity contribution in [3.63, 3.8) is 0 Å². The summed E-state index contributed by atoms with van der Waals surface area (Å²) >= 11 is 14.4. The smallest absolute Gasteiger partial charge is 0.0925 e. The lowest BCUT2D eigenvalue weighted by atomic mass is 10.4. The van der Waals surface area contributed by atoms with Crippen LogP contribution in [0.5, 0.6) is 0 Å². The van der Waals surface area contributed by atoms with E-state index in [0.717, 1.165) is 19.0 Å². The van der Waals surface area contributed by atoms with Crippen LogP contribution in [0, 0.1) is 0 Å². The highest BCUT2D eigenvalue weighted by Gasteiger charge is 2.04. The molecule has 2 rings (SSSR count). The first-order valence-electron chi connectivity index (χ1n) is 4.27. The van der Waals surface area contributed by atoms with Crippen molar-refractivity contribution in [3.8, 4) is 0 Å². The van der Waals surface area contributed by atoms with Crippen LogP contribution < -0.4 is 0 Å². The molecule has 0 saturated heterocycles. The molecule has 0 aliphatic heterocycles. The standard InChI is InChI=1S/C11H7ClS3/c12-8-3-5-9(6-4-8)15-11(13)10-2-1-7-14-10/h1-7H. The molecule has 4 heteroatoms. The molecular formula is C11H7ClS3. The van der Waals surface area contributed by atoms with Gasteiger partial charge in [0.25, 0.3) is 0 Å². The summed E-state index contributed by atoms with van der Waals surface area (Å²) in [7, 11) is 0. The SMILES string of the molecule is S=C(Sc1ccc(Cl)cc1)c1cccs1. The Balaban J connectivity index is 2.09. The Morgan fingerprint density at radius 3 is 2.53 bits per heavy atom. The second kappa shape index (κ2) is 5.12. The monoisotopic (exact) mass is 270 g/mol. The van der Waals surface area contributed by atoms with E-state index in [1.165, 1.54) is 0 Å². The van der Waals surface area contributed by atoms with E-state index >= 15 is 0 Å². The summed E-state index contributed by atoms with van der Waals surface area (Å²) in [5.41, 5.74) is 0. The number of halogens is 1. The maximum absolute atomic E-state index is 5.81. The van der Waals surface area contributed by atoms with Gasteiger partial charge in [-0.05, 0) is 35.7 Å². The lowest BCUT2D eigenvalue weighted by molar-refractivity contribution is 1.48. The number of thiocarbonyl (C=S) groups is 1. The van der Waals surface area contributed by atoms with E-state index in [0.29, 0.717) is 0 Å². The van der Waals surface area contributed by atoms with Gasteiger partial charge < -0.3 is 0 Å². The molecule has 0 bridgehead atoms. The average Bonchev–Trinajstić information content (AvgIpc) is 2.74. The molecule has 0 atom stereocenters. The summed E-state index contributed by atoms with van der Waals surface area (Å²) in [5, 5.41) is 2.78. The minimum atomic E-state index is 0.751. The molecule has 0 amide bonds. The van der Waals surface area contributed by atoms with Gasteiger partial charge in [-0.25, -0.2) is 0 Å². The minimum Gasteiger partial charge on any atom is -0.142 e. The zero-order valence-electron chi connectivity index (χ0n) is 7.64. The number of thioether (sulfide) groups is 1. The fraction of sp³-hybridized carbons (Fsp3) is 0. The maximum atomic E-state index is 5.81. The third kappa shape index (κ3) is 3.05. The Morgan fingerprint density at radius 2 is 1.93 bits per heavy atom. The Labute approximate surface area is 107 Å². The van der Waals surface area contributed by atoms with Gasteiger partial charge in [0.05, 0.1) is 9.07 Å². The first-order valence-corrected chi connectivity index (χ1v) is 6.75. The largest absolute Gasteiger partial charge is 0.142 e. The number of hydrogen-bond donors (Lipinski definition) is 0. The number of rotatable bonds is 2. The quantitative estimate of drug-likeness (QED) is 0.564. The molecule has 2 aromatic rings. The van der Waals surface area contributed by atoms with Gasteiger partial charge in [-0.1, -0.05) is 41.6 Å². The summed E-state index contributed by atoms with van der Waals surface area (Å²) in [6.45, 7) is 0. The molecule has 1 heterocycles. The van der Waals surface area contributed by atoms with Crippen LogP contribution in [0.4, 0.5) is 0 Å². The highest BCUT2D eigenvalue weighted by atomic mass is 35.5. The van der Waals surface area contributed by atoms with Gasteiger partial charge in [0.15, 0.2) is 0 Å². The summed E-state index contributed by atoms with van der Waals surface area (Å²) in [6, 6.07) is 11.8. The number of benzene rings is 1. The van der Waals surface area contributed by atoms with E-state index in [4.69, 9.17) is 23.8 Å². The van der Waals surface area contributed by atoms with Crippen molar-refractivity contribution in [2.45, 2.75) is 4.90 Å². The Hall–Kier alpha value is -0.350. The topological polar surface area (TPSA) is 0 Å². The molecule has 0 radical (unpaired) electrons. The van der Waals surface area contributed by atoms with Crippen LogP contribution in [0.1, 0.15) is 4.88 Å². The Kier molecular flexibility index (Phi) is 3.81. The molecule has 0 nitrogen and oxygen atoms in total. The van der Waals surface area contributed by atoms with E-state index < -0.39 is 0 Å². The molecule has 0 N–H and O–H groups in total. The van der Waals surface area contributed by atoms with Gasteiger partial charge in [0.1, 0.15) is 0 Å². The Bertz CT molecular complexity index is 445. The molecular weight excluding hydrogens is 264 g/mol. The van der Waals surface area contributed by atoms with Crippen molar-refractivity contribution in [1.82, 2.24) is 0 Å². The van der Waals surface area contributed by atoms with E-state index in [-0.39, 0.29) is 0 Å². The molecule has 0 aliphatic rings. The molecule has 0 saturated carbocycles. The summed E-state index contributed by atoms with van der Waals surface area (Å²) in [4.78, 5) is 2.27. The van der Waals surface area contributed by atoms with Gasteiger partial charge >= 0.3 is 0 Å². The lowest BCUT2D eigenvalue weighted by Gasteiger charge is -2.00. The van der Waals surface area contributed by atoms with Crippen LogP contribution in [0.15, 0.2) is 46.7 Å². The average molecular weight is 271 g/mol. The molecule has 0 aliphatic carbocycles. The van der Waals surface area contributed by atoms with E-state index in [9.17, 15) is 0 Å². The van der Waals surface area contributed by atoms with E-state index in [1.54, 1.807) is 23.1 Å². The van der Waals surface area contributed by atoms with Crippen LogP contribution >= 0.6 is 46.9 Å². The maximum Gasteiger partial charge on any atom is 0.0925 e. The number of hydrogen-bond acceptors (Lipinski definition) is 3. The van der Waals surface area contributed by atoms with Crippen molar-refractivity contribution in [2.24, 2.45) is 0 Å². The molecule has 1 aromatic heterocycles. The van der Waals surface area contributed by atoms with Gasteiger partial charge in [0.2, 0.25) is 0 Å². The summed E-state index contributed by atoms with van der Waals surface area (Å²) < 4.78 is 0.910. The zero-order valence-corrected chi connectivity index (χ0v) is 10.8. The van der Waals surface area contributed by atoms with Gasteiger partial charge in [-0.2, -0.15) is 0 Å². The third-order valence-corrected chi connectivity index (χ3v) is 4.53. The highest BCUT2D eigenvalue weighted by Crippen LogP contribution is 2.26. The zero-order chi connectivity index (χ0) is 10.7. The van der Waals surface area contributed by atoms with E-state index in [2.05, 4.69) is 0 Å². The van der Waals surface area contributed by atoms with Crippen molar-refractivity contribution in [2.75, 3.05) is 0 Å². The van der Waals surface area contributed by atoms with Gasteiger partial charge in [-0.15, -0.1) is 11.3 Å². The lowest BCUT2D eigenvalue weighted by Crippen LogP contribution is -1.85. The second-order valence-electron chi connectivity index (χ2n) is 2.82.